The van der Waals surface area contributed by atoms with Crippen LogP contribution in [0.25, 0.3) is 0 Å². The number of nitro benzene ring substituents is 1. The lowest BCUT2D eigenvalue weighted by atomic mass is 10.1. The SMILES string of the molecule is CCC(C)N(Cc1ccc([N+](=O)[O-])cc1)CC(C)Nc1cccc(C)c1. The fourth-order valence-corrected chi connectivity index (χ4v) is 3.03. The van der Waals surface area contributed by atoms with Crippen LogP contribution in [0.15, 0.2) is 48.5 Å². The third-order valence-corrected chi connectivity index (χ3v) is 4.69. The summed E-state index contributed by atoms with van der Waals surface area (Å²) in [5, 5.41) is 14.4. The van der Waals surface area contributed by atoms with Gasteiger partial charge >= 0.3 is 0 Å². The fourth-order valence-electron chi connectivity index (χ4n) is 3.03. The van der Waals surface area contributed by atoms with Gasteiger partial charge < -0.3 is 5.32 Å². The fraction of sp³-hybridized carbons (Fsp3) is 0.429. The maximum atomic E-state index is 10.8. The molecule has 0 radical (unpaired) electrons. The van der Waals surface area contributed by atoms with E-state index in [1.54, 1.807) is 12.1 Å². The van der Waals surface area contributed by atoms with Crippen molar-refractivity contribution in [3.63, 3.8) is 0 Å². The van der Waals surface area contributed by atoms with E-state index in [-0.39, 0.29) is 10.6 Å². The number of hydrogen-bond donors (Lipinski definition) is 1. The summed E-state index contributed by atoms with van der Waals surface area (Å²) in [4.78, 5) is 12.9. The highest BCUT2D eigenvalue weighted by molar-refractivity contribution is 5.46. The van der Waals surface area contributed by atoms with Gasteiger partial charge in [0, 0.05) is 43.0 Å². The Balaban J connectivity index is 2.03. The number of nitrogens with one attached hydrogen (secondary N) is 1. The van der Waals surface area contributed by atoms with Gasteiger partial charge in [0.25, 0.3) is 5.69 Å². The zero-order chi connectivity index (χ0) is 19.1. The summed E-state index contributed by atoms with van der Waals surface area (Å²) >= 11 is 0. The van der Waals surface area contributed by atoms with E-state index >= 15 is 0 Å². The number of benzene rings is 2. The molecule has 0 amide bonds. The first-order valence-corrected chi connectivity index (χ1v) is 9.19. The van der Waals surface area contributed by atoms with E-state index in [1.165, 1.54) is 5.56 Å². The minimum atomic E-state index is -0.357. The van der Waals surface area contributed by atoms with Crippen LogP contribution in [-0.2, 0) is 6.54 Å². The molecule has 5 heteroatoms. The lowest BCUT2D eigenvalue weighted by Gasteiger charge is -2.31. The van der Waals surface area contributed by atoms with Gasteiger partial charge in [0.2, 0.25) is 0 Å². The maximum absolute atomic E-state index is 10.8. The molecule has 2 aromatic rings. The van der Waals surface area contributed by atoms with Gasteiger partial charge in [0.15, 0.2) is 0 Å². The van der Waals surface area contributed by atoms with Crippen molar-refractivity contribution in [2.75, 3.05) is 11.9 Å². The summed E-state index contributed by atoms with van der Waals surface area (Å²) in [6.07, 6.45) is 1.06. The molecule has 0 aliphatic rings. The molecule has 0 aliphatic carbocycles. The highest BCUT2D eigenvalue weighted by Gasteiger charge is 2.16. The van der Waals surface area contributed by atoms with Gasteiger partial charge in [-0.15, -0.1) is 0 Å². The molecule has 0 bridgehead atoms. The molecule has 2 rings (SSSR count). The third-order valence-electron chi connectivity index (χ3n) is 4.69. The molecule has 0 fully saturated rings. The topological polar surface area (TPSA) is 58.4 Å². The zero-order valence-corrected chi connectivity index (χ0v) is 16.1. The Hall–Kier alpha value is -2.40. The molecule has 0 heterocycles. The molecule has 0 saturated heterocycles. The van der Waals surface area contributed by atoms with E-state index in [1.807, 2.05) is 12.1 Å². The Bertz CT molecular complexity index is 715. The largest absolute Gasteiger partial charge is 0.381 e. The lowest BCUT2D eigenvalue weighted by molar-refractivity contribution is -0.384. The van der Waals surface area contributed by atoms with Crippen molar-refractivity contribution >= 4 is 11.4 Å². The molecule has 0 saturated carbocycles. The van der Waals surface area contributed by atoms with Gasteiger partial charge in [0.05, 0.1) is 4.92 Å². The van der Waals surface area contributed by atoms with E-state index in [9.17, 15) is 10.1 Å². The van der Waals surface area contributed by atoms with Crippen molar-refractivity contribution in [1.82, 2.24) is 4.90 Å². The Labute approximate surface area is 156 Å². The van der Waals surface area contributed by atoms with Gasteiger partial charge in [-0.3, -0.25) is 15.0 Å². The summed E-state index contributed by atoms with van der Waals surface area (Å²) in [6, 6.07) is 16.0. The van der Waals surface area contributed by atoms with Crippen LogP contribution in [0.3, 0.4) is 0 Å². The number of nitro groups is 1. The number of anilines is 1. The van der Waals surface area contributed by atoms with E-state index in [0.29, 0.717) is 12.1 Å². The second kappa shape index (κ2) is 9.34. The summed E-state index contributed by atoms with van der Waals surface area (Å²) in [7, 11) is 0. The average molecular weight is 355 g/mol. The van der Waals surface area contributed by atoms with Crippen LogP contribution in [0, 0.1) is 17.0 Å². The molecule has 5 nitrogen and oxygen atoms in total. The van der Waals surface area contributed by atoms with Crippen molar-refractivity contribution in [3.8, 4) is 0 Å². The summed E-state index contributed by atoms with van der Waals surface area (Å²) < 4.78 is 0. The molecular weight excluding hydrogens is 326 g/mol. The number of non-ortho nitro benzene ring substituents is 1. The summed E-state index contributed by atoms with van der Waals surface area (Å²) in [5.74, 6) is 0. The normalized spacial score (nSPS) is 13.4. The van der Waals surface area contributed by atoms with Crippen molar-refractivity contribution in [3.05, 3.63) is 69.8 Å². The van der Waals surface area contributed by atoms with Crippen molar-refractivity contribution in [1.29, 1.82) is 0 Å². The predicted molar refractivity (Wildman–Crippen MR) is 108 cm³/mol. The standard InChI is InChI=1S/C21H29N3O2/c1-5-18(4)23(15-19-9-11-21(12-10-19)24(25)26)14-17(3)22-20-8-6-7-16(2)13-20/h6-13,17-18,22H,5,14-15H2,1-4H3. The predicted octanol–water partition coefficient (Wildman–Crippen LogP) is 5.00. The summed E-state index contributed by atoms with van der Waals surface area (Å²) in [6.45, 7) is 10.4. The highest BCUT2D eigenvalue weighted by atomic mass is 16.6. The van der Waals surface area contributed by atoms with Crippen LogP contribution >= 0.6 is 0 Å². The lowest BCUT2D eigenvalue weighted by Crippen LogP contribution is -2.40. The van der Waals surface area contributed by atoms with Crippen LogP contribution in [-0.4, -0.2) is 28.5 Å². The number of hydrogen-bond acceptors (Lipinski definition) is 4. The van der Waals surface area contributed by atoms with E-state index in [2.05, 4.69) is 62.2 Å². The second-order valence-corrected chi connectivity index (χ2v) is 7.03. The third kappa shape index (κ3) is 5.85. The van der Waals surface area contributed by atoms with E-state index < -0.39 is 0 Å². The Morgan fingerprint density at radius 2 is 1.85 bits per heavy atom. The van der Waals surface area contributed by atoms with Crippen LogP contribution < -0.4 is 5.32 Å². The minimum Gasteiger partial charge on any atom is -0.381 e. The van der Waals surface area contributed by atoms with Gasteiger partial charge in [-0.05, 0) is 50.5 Å². The molecule has 140 valence electrons. The molecule has 2 unspecified atom stereocenters. The summed E-state index contributed by atoms with van der Waals surface area (Å²) in [5.41, 5.74) is 3.61. The monoisotopic (exact) mass is 355 g/mol. The van der Waals surface area contributed by atoms with Gasteiger partial charge in [-0.1, -0.05) is 31.2 Å². The molecule has 0 spiro atoms. The van der Waals surface area contributed by atoms with Crippen molar-refractivity contribution < 1.29 is 4.92 Å². The van der Waals surface area contributed by atoms with Crippen LogP contribution in [0.4, 0.5) is 11.4 Å². The first-order valence-electron chi connectivity index (χ1n) is 9.19. The Kier molecular flexibility index (Phi) is 7.16. The van der Waals surface area contributed by atoms with E-state index in [0.717, 1.165) is 30.8 Å². The van der Waals surface area contributed by atoms with Crippen LogP contribution in [0.2, 0.25) is 0 Å². The zero-order valence-electron chi connectivity index (χ0n) is 16.1. The molecule has 2 aromatic carbocycles. The van der Waals surface area contributed by atoms with Crippen molar-refractivity contribution in [2.24, 2.45) is 0 Å². The average Bonchev–Trinajstić information content (AvgIpc) is 2.61. The van der Waals surface area contributed by atoms with Gasteiger partial charge in [-0.2, -0.15) is 0 Å². The Morgan fingerprint density at radius 3 is 2.42 bits per heavy atom. The highest BCUT2D eigenvalue weighted by Crippen LogP contribution is 2.17. The molecular formula is C21H29N3O2. The minimum absolute atomic E-state index is 0.137. The Morgan fingerprint density at radius 1 is 1.15 bits per heavy atom. The maximum Gasteiger partial charge on any atom is 0.269 e. The number of rotatable bonds is 9. The van der Waals surface area contributed by atoms with Crippen LogP contribution in [0.1, 0.15) is 38.3 Å². The van der Waals surface area contributed by atoms with Gasteiger partial charge in [-0.25, -0.2) is 0 Å². The number of nitrogens with zero attached hydrogens (tertiary/aromatic N) is 2. The smallest absolute Gasteiger partial charge is 0.269 e. The molecule has 1 N–H and O–H groups in total. The van der Waals surface area contributed by atoms with Crippen LogP contribution in [0.5, 0.6) is 0 Å². The first kappa shape index (κ1) is 19.9. The molecule has 2 atom stereocenters. The van der Waals surface area contributed by atoms with Crippen molar-refractivity contribution in [2.45, 2.75) is 52.7 Å². The molecule has 26 heavy (non-hydrogen) atoms. The number of aryl methyl sites for hydroxylation is 1. The van der Waals surface area contributed by atoms with E-state index in [4.69, 9.17) is 0 Å². The second-order valence-electron chi connectivity index (χ2n) is 7.03. The molecule has 0 aromatic heterocycles. The quantitative estimate of drug-likeness (QED) is 0.508. The van der Waals surface area contributed by atoms with Gasteiger partial charge in [0.1, 0.15) is 0 Å². The molecule has 0 aliphatic heterocycles. The first-order chi connectivity index (χ1) is 12.4.